The SMILES string of the molecule is Cc1ccc(S(=O)(=O)Oc2nc(=O)n([C@H]3C[C@H](O)[C@@H](CO)O3)cc2F)cc1. The Morgan fingerprint density at radius 3 is 2.63 bits per heavy atom. The van der Waals surface area contributed by atoms with E-state index in [1.807, 2.05) is 0 Å². The third kappa shape index (κ3) is 4.00. The van der Waals surface area contributed by atoms with Crippen molar-refractivity contribution in [1.82, 2.24) is 9.55 Å². The summed E-state index contributed by atoms with van der Waals surface area (Å²) in [5.41, 5.74) is -0.206. The average Bonchev–Trinajstić information content (AvgIpc) is 2.98. The first-order chi connectivity index (χ1) is 12.7. The number of aliphatic hydroxyl groups is 2. The molecule has 11 heteroatoms. The summed E-state index contributed by atoms with van der Waals surface area (Å²) >= 11 is 0. The van der Waals surface area contributed by atoms with Gasteiger partial charge in [-0.1, -0.05) is 17.7 Å². The predicted octanol–water partition coefficient (Wildman–Crippen LogP) is 0.0992. The van der Waals surface area contributed by atoms with Gasteiger partial charge in [0.1, 0.15) is 17.2 Å². The van der Waals surface area contributed by atoms with Gasteiger partial charge in [0.15, 0.2) is 0 Å². The van der Waals surface area contributed by atoms with Gasteiger partial charge in [-0.25, -0.2) is 4.79 Å². The highest BCUT2D eigenvalue weighted by molar-refractivity contribution is 7.87. The Kier molecular flexibility index (Phi) is 5.29. The highest BCUT2D eigenvalue weighted by atomic mass is 32.2. The van der Waals surface area contributed by atoms with E-state index in [-0.39, 0.29) is 11.3 Å². The molecule has 2 aromatic rings. The van der Waals surface area contributed by atoms with E-state index < -0.39 is 52.5 Å². The summed E-state index contributed by atoms with van der Waals surface area (Å²) in [6.07, 6.45) is -2.37. The van der Waals surface area contributed by atoms with Gasteiger partial charge in [-0.15, -0.1) is 0 Å². The van der Waals surface area contributed by atoms with E-state index in [1.54, 1.807) is 19.1 Å². The van der Waals surface area contributed by atoms with Crippen molar-refractivity contribution in [2.75, 3.05) is 6.61 Å². The molecule has 1 aliphatic rings. The van der Waals surface area contributed by atoms with Crippen LogP contribution in [-0.4, -0.2) is 47.0 Å². The van der Waals surface area contributed by atoms with Gasteiger partial charge in [0.25, 0.3) is 5.88 Å². The van der Waals surface area contributed by atoms with Crippen molar-refractivity contribution in [2.24, 2.45) is 0 Å². The molecule has 3 rings (SSSR count). The molecule has 2 heterocycles. The third-order valence-corrected chi connectivity index (χ3v) is 5.29. The van der Waals surface area contributed by atoms with E-state index in [4.69, 9.17) is 9.84 Å². The maximum absolute atomic E-state index is 14.3. The number of nitrogens with zero attached hydrogens (tertiary/aromatic N) is 2. The summed E-state index contributed by atoms with van der Waals surface area (Å²) in [5, 5.41) is 18.8. The van der Waals surface area contributed by atoms with Crippen LogP contribution in [0.5, 0.6) is 5.88 Å². The zero-order valence-corrected chi connectivity index (χ0v) is 15.0. The summed E-state index contributed by atoms with van der Waals surface area (Å²) in [4.78, 5) is 15.2. The van der Waals surface area contributed by atoms with Crippen LogP contribution in [0.3, 0.4) is 0 Å². The van der Waals surface area contributed by atoms with Crippen molar-refractivity contribution >= 4 is 10.1 Å². The van der Waals surface area contributed by atoms with Gasteiger partial charge in [-0.05, 0) is 19.1 Å². The largest absolute Gasteiger partial charge is 0.394 e. The van der Waals surface area contributed by atoms with Gasteiger partial charge in [0, 0.05) is 6.42 Å². The number of hydrogen-bond donors (Lipinski definition) is 2. The van der Waals surface area contributed by atoms with E-state index in [9.17, 15) is 22.7 Å². The molecule has 9 nitrogen and oxygen atoms in total. The summed E-state index contributed by atoms with van der Waals surface area (Å²) in [5.74, 6) is -2.19. The number of rotatable bonds is 5. The van der Waals surface area contributed by atoms with Crippen LogP contribution < -0.4 is 9.87 Å². The van der Waals surface area contributed by atoms with E-state index in [1.165, 1.54) is 12.1 Å². The Labute approximate surface area is 153 Å². The lowest BCUT2D eigenvalue weighted by Gasteiger charge is -2.15. The number of aryl methyl sites for hydroxylation is 1. The molecule has 0 unspecified atom stereocenters. The Morgan fingerprint density at radius 1 is 1.37 bits per heavy atom. The predicted molar refractivity (Wildman–Crippen MR) is 89.1 cm³/mol. The van der Waals surface area contributed by atoms with Crippen LogP contribution in [0.4, 0.5) is 4.39 Å². The Morgan fingerprint density at radius 2 is 2.04 bits per heavy atom. The van der Waals surface area contributed by atoms with Crippen LogP contribution in [0.25, 0.3) is 0 Å². The zero-order chi connectivity index (χ0) is 19.8. The van der Waals surface area contributed by atoms with Crippen LogP contribution in [0.2, 0.25) is 0 Å². The molecule has 0 aliphatic carbocycles. The summed E-state index contributed by atoms with van der Waals surface area (Å²) in [6.45, 7) is 1.29. The van der Waals surface area contributed by atoms with Crippen molar-refractivity contribution in [2.45, 2.75) is 36.7 Å². The van der Waals surface area contributed by atoms with Gasteiger partial charge in [-0.2, -0.15) is 17.8 Å². The van der Waals surface area contributed by atoms with E-state index in [0.717, 1.165) is 10.1 Å². The highest BCUT2D eigenvalue weighted by Gasteiger charge is 2.35. The van der Waals surface area contributed by atoms with Crippen molar-refractivity contribution in [3.8, 4) is 5.88 Å². The van der Waals surface area contributed by atoms with Crippen LogP contribution in [0, 0.1) is 12.7 Å². The monoisotopic (exact) mass is 400 g/mol. The molecule has 0 amide bonds. The second-order valence-corrected chi connectivity index (χ2v) is 7.60. The fourth-order valence-electron chi connectivity index (χ4n) is 2.60. The first kappa shape index (κ1) is 19.4. The number of aromatic nitrogens is 2. The lowest BCUT2D eigenvalue weighted by molar-refractivity contribution is -0.0462. The van der Waals surface area contributed by atoms with Gasteiger partial charge in [0.2, 0.25) is 5.82 Å². The average molecular weight is 400 g/mol. The minimum Gasteiger partial charge on any atom is -0.394 e. The molecule has 2 N–H and O–H groups in total. The molecule has 0 radical (unpaired) electrons. The molecule has 1 saturated heterocycles. The molecule has 3 atom stereocenters. The third-order valence-electron chi connectivity index (χ3n) is 4.07. The summed E-state index contributed by atoms with van der Waals surface area (Å²) in [7, 11) is -4.38. The number of halogens is 1. The number of hydrogen-bond acceptors (Lipinski definition) is 8. The summed E-state index contributed by atoms with van der Waals surface area (Å²) < 4.78 is 49.4. The molecule has 1 aromatic carbocycles. The van der Waals surface area contributed by atoms with E-state index in [2.05, 4.69) is 9.17 Å². The van der Waals surface area contributed by atoms with E-state index in [0.29, 0.717) is 6.20 Å². The van der Waals surface area contributed by atoms with Gasteiger partial charge in [0.05, 0.1) is 18.9 Å². The fraction of sp³-hybridized carbons (Fsp3) is 0.375. The minimum absolute atomic E-state index is 0.0614. The van der Waals surface area contributed by atoms with Gasteiger partial charge in [-0.3, -0.25) is 4.57 Å². The van der Waals surface area contributed by atoms with Crippen molar-refractivity contribution < 1.29 is 31.9 Å². The molecule has 0 spiro atoms. The first-order valence-corrected chi connectivity index (χ1v) is 9.36. The molecule has 1 aliphatic heterocycles. The standard InChI is InChI=1S/C16H17FN2O7S/c1-9-2-4-10(5-3-9)27(23,24)26-15-11(17)7-19(16(22)18-15)14-6-12(21)13(8-20)25-14/h2-5,7,12-14,20-21H,6,8H2,1H3/t12-,13+,14+/m0/s1. The molecule has 0 saturated carbocycles. The molecular formula is C16H17FN2O7S. The molecule has 0 bridgehead atoms. The maximum Gasteiger partial charge on any atom is 0.353 e. The zero-order valence-electron chi connectivity index (χ0n) is 14.1. The summed E-state index contributed by atoms with van der Waals surface area (Å²) in [6, 6.07) is 5.65. The smallest absolute Gasteiger partial charge is 0.353 e. The lowest BCUT2D eigenvalue weighted by Crippen LogP contribution is -2.29. The molecule has 1 fully saturated rings. The Hall–Kier alpha value is -2.34. The first-order valence-electron chi connectivity index (χ1n) is 7.95. The van der Waals surface area contributed by atoms with Gasteiger partial charge < -0.3 is 19.1 Å². The normalized spacial score (nSPS) is 22.7. The molecule has 27 heavy (non-hydrogen) atoms. The Balaban J connectivity index is 1.87. The Bertz CT molecular complexity index is 991. The second kappa shape index (κ2) is 7.35. The minimum atomic E-state index is -4.38. The maximum atomic E-state index is 14.3. The van der Waals surface area contributed by atoms with Crippen molar-refractivity contribution in [3.05, 3.63) is 52.3 Å². The van der Waals surface area contributed by atoms with Crippen molar-refractivity contribution in [3.63, 3.8) is 0 Å². The molecule has 146 valence electrons. The van der Waals surface area contributed by atoms with Crippen LogP contribution in [-0.2, 0) is 14.9 Å². The topological polar surface area (TPSA) is 128 Å². The van der Waals surface area contributed by atoms with Crippen LogP contribution >= 0.6 is 0 Å². The lowest BCUT2D eigenvalue weighted by atomic mass is 10.2. The fourth-order valence-corrected chi connectivity index (χ4v) is 3.49. The number of benzene rings is 1. The number of ether oxygens (including phenoxy) is 1. The van der Waals surface area contributed by atoms with Gasteiger partial charge >= 0.3 is 15.8 Å². The van der Waals surface area contributed by atoms with E-state index >= 15 is 0 Å². The van der Waals surface area contributed by atoms with Crippen molar-refractivity contribution in [1.29, 1.82) is 0 Å². The molecular weight excluding hydrogens is 383 g/mol. The van der Waals surface area contributed by atoms with Crippen LogP contribution in [0.15, 0.2) is 40.2 Å². The molecule has 1 aromatic heterocycles. The highest BCUT2D eigenvalue weighted by Crippen LogP contribution is 2.28. The second-order valence-electron chi connectivity index (χ2n) is 6.05. The van der Waals surface area contributed by atoms with Crippen LogP contribution in [0.1, 0.15) is 18.2 Å². The quantitative estimate of drug-likeness (QED) is 0.677. The number of aliphatic hydroxyl groups excluding tert-OH is 2.